The van der Waals surface area contributed by atoms with Crippen molar-refractivity contribution in [3.63, 3.8) is 0 Å². The normalized spacial score (nSPS) is 11.5. The third kappa shape index (κ3) is 2.23. The van der Waals surface area contributed by atoms with Crippen molar-refractivity contribution in [2.45, 2.75) is 4.90 Å². The van der Waals surface area contributed by atoms with Crippen molar-refractivity contribution < 1.29 is 12.8 Å². The van der Waals surface area contributed by atoms with Crippen LogP contribution < -0.4 is 10.5 Å². The first-order valence-electron chi connectivity index (χ1n) is 5.98. The molecule has 0 aliphatic rings. The summed E-state index contributed by atoms with van der Waals surface area (Å²) in [7, 11) is -2.45. The van der Waals surface area contributed by atoms with Gasteiger partial charge in [-0.1, -0.05) is 0 Å². The maximum atomic E-state index is 12.4. The summed E-state index contributed by atoms with van der Waals surface area (Å²) in [5, 5.41) is 12.8. The highest BCUT2D eigenvalue weighted by Gasteiger charge is 2.20. The van der Waals surface area contributed by atoms with Crippen LogP contribution in [0.5, 0.6) is 0 Å². The molecule has 2 heterocycles. The van der Waals surface area contributed by atoms with Crippen LogP contribution >= 0.6 is 0 Å². The topological polar surface area (TPSA) is 134 Å². The van der Waals surface area contributed by atoms with E-state index in [-0.39, 0.29) is 21.9 Å². The number of anilines is 1. The first-order chi connectivity index (χ1) is 10.4. The minimum Gasteiger partial charge on any atom is -0.408 e. The summed E-state index contributed by atoms with van der Waals surface area (Å²) in [6, 6.07) is 5.81. The van der Waals surface area contributed by atoms with Crippen LogP contribution in [0.2, 0.25) is 0 Å². The third-order valence-electron chi connectivity index (χ3n) is 2.99. The Balaban J connectivity index is 2.06. The van der Waals surface area contributed by atoms with Gasteiger partial charge in [0.1, 0.15) is 11.6 Å². The molecule has 0 unspecified atom stereocenters. The van der Waals surface area contributed by atoms with E-state index in [0.29, 0.717) is 5.52 Å². The lowest BCUT2D eigenvalue weighted by molar-refractivity contribution is 0.554. The van der Waals surface area contributed by atoms with Crippen LogP contribution in [-0.4, -0.2) is 23.2 Å². The van der Waals surface area contributed by atoms with Crippen molar-refractivity contribution in [2.75, 3.05) is 4.72 Å². The van der Waals surface area contributed by atoms with E-state index in [1.54, 1.807) is 0 Å². The molecule has 9 nitrogen and oxygen atoms in total. The number of nitrogens with zero attached hydrogens (tertiary/aromatic N) is 3. The van der Waals surface area contributed by atoms with Crippen molar-refractivity contribution in [3.8, 4) is 6.07 Å². The average Bonchev–Trinajstić information content (AvgIpc) is 3.00. The van der Waals surface area contributed by atoms with Gasteiger partial charge >= 0.3 is 5.76 Å². The molecule has 0 bridgehead atoms. The molecule has 3 rings (SSSR count). The Morgan fingerprint density at radius 3 is 2.95 bits per heavy atom. The fourth-order valence-electron chi connectivity index (χ4n) is 1.92. The van der Waals surface area contributed by atoms with Crippen LogP contribution in [0.15, 0.2) is 38.5 Å². The van der Waals surface area contributed by atoms with E-state index in [2.05, 4.69) is 14.8 Å². The maximum Gasteiger partial charge on any atom is 0.417 e. The van der Waals surface area contributed by atoms with E-state index in [0.717, 1.165) is 0 Å². The second kappa shape index (κ2) is 4.74. The molecular weight excluding hydrogens is 310 g/mol. The number of aryl methyl sites for hydroxylation is 1. The van der Waals surface area contributed by atoms with Crippen molar-refractivity contribution in [1.29, 1.82) is 5.26 Å². The summed E-state index contributed by atoms with van der Waals surface area (Å²) < 4.78 is 33.1. The molecule has 2 aromatic heterocycles. The Hall–Kier alpha value is -3.06. The van der Waals surface area contributed by atoms with Crippen LogP contribution in [0.1, 0.15) is 5.56 Å². The lowest BCUT2D eigenvalue weighted by atomic mass is 10.3. The highest BCUT2D eigenvalue weighted by atomic mass is 32.2. The molecule has 0 saturated carbocycles. The fraction of sp³-hybridized carbons (Fsp3) is 0.0833. The van der Waals surface area contributed by atoms with Gasteiger partial charge in [0.2, 0.25) is 0 Å². The molecule has 0 spiro atoms. The number of oxazole rings is 1. The Bertz CT molecular complexity index is 1070. The number of aromatic amines is 1. The van der Waals surface area contributed by atoms with Crippen LogP contribution in [0.4, 0.5) is 5.82 Å². The molecule has 1 aromatic carbocycles. The minimum atomic E-state index is -3.96. The number of aromatic nitrogens is 3. The first-order valence-corrected chi connectivity index (χ1v) is 7.47. The molecule has 0 atom stereocenters. The smallest absolute Gasteiger partial charge is 0.408 e. The SMILES string of the molecule is Cn1ncc(C#N)c1NS(=O)(=O)c1ccc2[nH]c(=O)oc2c1. The molecule has 0 aliphatic heterocycles. The van der Waals surface area contributed by atoms with E-state index in [1.807, 2.05) is 6.07 Å². The molecule has 0 fully saturated rings. The molecule has 22 heavy (non-hydrogen) atoms. The van der Waals surface area contributed by atoms with Crippen molar-refractivity contribution in [1.82, 2.24) is 14.8 Å². The van der Waals surface area contributed by atoms with Gasteiger partial charge in [0.25, 0.3) is 10.0 Å². The van der Waals surface area contributed by atoms with Gasteiger partial charge in [-0.05, 0) is 12.1 Å². The standard InChI is InChI=1S/C12H9N5O4S/c1-17-11(7(5-13)6-14-17)16-22(19,20)8-2-3-9-10(4-8)21-12(18)15-9/h2-4,6,16H,1H3,(H,15,18). The average molecular weight is 319 g/mol. The Kier molecular flexibility index (Phi) is 3.00. The molecule has 0 aliphatic carbocycles. The summed E-state index contributed by atoms with van der Waals surface area (Å²) in [6.07, 6.45) is 1.26. The van der Waals surface area contributed by atoms with Crippen LogP contribution in [-0.2, 0) is 17.1 Å². The summed E-state index contributed by atoms with van der Waals surface area (Å²) in [5.41, 5.74) is 0.612. The molecule has 0 radical (unpaired) electrons. The van der Waals surface area contributed by atoms with E-state index < -0.39 is 15.8 Å². The highest BCUT2D eigenvalue weighted by molar-refractivity contribution is 7.92. The molecule has 0 amide bonds. The Morgan fingerprint density at radius 2 is 2.23 bits per heavy atom. The van der Waals surface area contributed by atoms with Gasteiger partial charge in [-0.3, -0.25) is 14.4 Å². The third-order valence-corrected chi connectivity index (χ3v) is 4.33. The van der Waals surface area contributed by atoms with Crippen molar-refractivity contribution in [3.05, 3.63) is 40.5 Å². The van der Waals surface area contributed by atoms with Gasteiger partial charge in [-0.25, -0.2) is 13.2 Å². The molecule has 10 heteroatoms. The number of fused-ring (bicyclic) bond motifs is 1. The summed E-state index contributed by atoms with van der Waals surface area (Å²) in [5.74, 6) is -0.617. The van der Waals surface area contributed by atoms with E-state index in [9.17, 15) is 13.2 Å². The van der Waals surface area contributed by atoms with Gasteiger partial charge in [0.05, 0.1) is 16.6 Å². The molecule has 0 saturated heterocycles. The Morgan fingerprint density at radius 1 is 1.45 bits per heavy atom. The maximum absolute atomic E-state index is 12.4. The van der Waals surface area contributed by atoms with E-state index in [4.69, 9.17) is 9.68 Å². The molecule has 2 N–H and O–H groups in total. The van der Waals surface area contributed by atoms with Gasteiger partial charge in [-0.15, -0.1) is 0 Å². The highest BCUT2D eigenvalue weighted by Crippen LogP contribution is 2.21. The first kappa shape index (κ1) is 13.9. The largest absolute Gasteiger partial charge is 0.417 e. The second-order valence-corrected chi connectivity index (χ2v) is 6.10. The number of hydrogen-bond acceptors (Lipinski definition) is 6. The zero-order chi connectivity index (χ0) is 15.9. The number of benzene rings is 1. The Labute approximate surface area is 123 Å². The zero-order valence-electron chi connectivity index (χ0n) is 11.2. The summed E-state index contributed by atoms with van der Waals surface area (Å²) >= 11 is 0. The number of nitriles is 1. The lowest BCUT2D eigenvalue weighted by Crippen LogP contribution is -2.16. The number of hydrogen-bond donors (Lipinski definition) is 2. The summed E-state index contributed by atoms with van der Waals surface area (Å²) in [4.78, 5) is 13.4. The van der Waals surface area contributed by atoms with E-state index >= 15 is 0 Å². The molecular formula is C12H9N5O4S. The van der Waals surface area contributed by atoms with Crippen molar-refractivity contribution in [2.24, 2.45) is 7.05 Å². The minimum absolute atomic E-state index is 0.0538. The quantitative estimate of drug-likeness (QED) is 0.723. The number of nitrogens with one attached hydrogen (secondary N) is 2. The number of sulfonamides is 1. The number of H-pyrrole nitrogens is 1. The van der Waals surface area contributed by atoms with Crippen LogP contribution in [0, 0.1) is 11.3 Å². The molecule has 112 valence electrons. The van der Waals surface area contributed by atoms with Crippen LogP contribution in [0.25, 0.3) is 11.1 Å². The second-order valence-electron chi connectivity index (χ2n) is 4.42. The van der Waals surface area contributed by atoms with Gasteiger partial charge in [-0.2, -0.15) is 10.4 Å². The van der Waals surface area contributed by atoms with Gasteiger partial charge in [0.15, 0.2) is 11.4 Å². The van der Waals surface area contributed by atoms with Gasteiger partial charge in [0, 0.05) is 13.1 Å². The lowest BCUT2D eigenvalue weighted by Gasteiger charge is -2.08. The zero-order valence-corrected chi connectivity index (χ0v) is 12.0. The number of rotatable bonds is 3. The molecule has 3 aromatic rings. The predicted molar refractivity (Wildman–Crippen MR) is 75.6 cm³/mol. The van der Waals surface area contributed by atoms with Crippen LogP contribution in [0.3, 0.4) is 0 Å². The predicted octanol–water partition coefficient (Wildman–Crippen LogP) is 0.527. The van der Waals surface area contributed by atoms with Crippen molar-refractivity contribution >= 4 is 26.9 Å². The van der Waals surface area contributed by atoms with Gasteiger partial charge < -0.3 is 4.42 Å². The summed E-state index contributed by atoms with van der Waals surface area (Å²) in [6.45, 7) is 0. The fourth-order valence-corrected chi connectivity index (χ4v) is 3.04. The van der Waals surface area contributed by atoms with E-state index in [1.165, 1.54) is 36.1 Å². The monoisotopic (exact) mass is 319 g/mol.